The molecule has 0 radical (unpaired) electrons. The van der Waals surface area contributed by atoms with E-state index in [1.54, 1.807) is 24.3 Å². The Kier molecular flexibility index (Phi) is 5.46. The number of carbonyl (C=O) groups excluding carboxylic acids is 2. The fourth-order valence-electron chi connectivity index (χ4n) is 4.23. The van der Waals surface area contributed by atoms with Crippen molar-refractivity contribution in [3.63, 3.8) is 0 Å². The number of benzene rings is 3. The summed E-state index contributed by atoms with van der Waals surface area (Å²) in [5.74, 6) is 2.19. The maximum Gasteiger partial charge on any atom is 0.261 e. The van der Waals surface area contributed by atoms with Crippen LogP contribution in [0.15, 0.2) is 78.0 Å². The highest BCUT2D eigenvalue weighted by atomic mass is 32.2. The standard InChI is InChI=1S/C26H20N4O4S/c31-24-19-8-4-5-9-20(19)25(32)29(24)12-13-35-26-28-27-23(18-6-2-1-3-7-18)30(26)15-17-10-11-21-22(14-17)34-16-33-21/h1-11,14H,12-13,15-16H2. The zero-order chi connectivity index (χ0) is 23.8. The molecule has 0 unspecified atom stereocenters. The van der Waals surface area contributed by atoms with E-state index in [1.165, 1.54) is 16.7 Å². The van der Waals surface area contributed by atoms with Crippen LogP contribution in [0.1, 0.15) is 26.3 Å². The molecule has 2 aliphatic heterocycles. The molecule has 3 heterocycles. The van der Waals surface area contributed by atoms with Gasteiger partial charge < -0.3 is 9.47 Å². The Hall–Kier alpha value is -4.11. The third-order valence-electron chi connectivity index (χ3n) is 5.95. The Balaban J connectivity index is 1.24. The number of hydrogen-bond donors (Lipinski definition) is 0. The van der Waals surface area contributed by atoms with Crippen molar-refractivity contribution in [2.45, 2.75) is 11.7 Å². The number of imide groups is 1. The number of thioether (sulfide) groups is 1. The van der Waals surface area contributed by atoms with E-state index in [2.05, 4.69) is 10.2 Å². The van der Waals surface area contributed by atoms with Crippen molar-refractivity contribution >= 4 is 23.6 Å². The summed E-state index contributed by atoms with van der Waals surface area (Å²) < 4.78 is 13.0. The molecule has 3 aromatic carbocycles. The number of fused-ring (bicyclic) bond motifs is 2. The van der Waals surface area contributed by atoms with Crippen LogP contribution in [-0.2, 0) is 6.54 Å². The molecular weight excluding hydrogens is 464 g/mol. The summed E-state index contributed by atoms with van der Waals surface area (Å²) in [6, 6.07) is 22.7. The van der Waals surface area contributed by atoms with Crippen LogP contribution < -0.4 is 9.47 Å². The van der Waals surface area contributed by atoms with E-state index < -0.39 is 0 Å². The summed E-state index contributed by atoms with van der Waals surface area (Å²) in [6.45, 7) is 1.04. The largest absolute Gasteiger partial charge is 0.454 e. The van der Waals surface area contributed by atoms with E-state index in [1.807, 2.05) is 53.1 Å². The minimum absolute atomic E-state index is 0.222. The number of aromatic nitrogens is 3. The maximum atomic E-state index is 12.7. The van der Waals surface area contributed by atoms with Gasteiger partial charge in [0.15, 0.2) is 22.5 Å². The van der Waals surface area contributed by atoms with Crippen LogP contribution in [0.2, 0.25) is 0 Å². The lowest BCUT2D eigenvalue weighted by atomic mass is 10.1. The lowest BCUT2D eigenvalue weighted by Gasteiger charge is -2.14. The summed E-state index contributed by atoms with van der Waals surface area (Å²) in [6.07, 6.45) is 0. The third kappa shape index (κ3) is 3.93. The van der Waals surface area contributed by atoms with Crippen LogP contribution in [0.3, 0.4) is 0 Å². The van der Waals surface area contributed by atoms with E-state index in [0.29, 0.717) is 28.6 Å². The molecule has 0 aliphatic carbocycles. The molecule has 2 amide bonds. The fourth-order valence-corrected chi connectivity index (χ4v) is 5.09. The summed E-state index contributed by atoms with van der Waals surface area (Å²) in [5, 5.41) is 9.60. The third-order valence-corrected chi connectivity index (χ3v) is 6.90. The van der Waals surface area contributed by atoms with Crippen molar-refractivity contribution in [2.24, 2.45) is 0 Å². The molecule has 0 atom stereocenters. The number of ether oxygens (including phenoxy) is 2. The number of nitrogens with zero attached hydrogens (tertiary/aromatic N) is 4. The Morgan fingerprint density at radius 3 is 2.31 bits per heavy atom. The molecule has 174 valence electrons. The van der Waals surface area contributed by atoms with Crippen LogP contribution >= 0.6 is 11.8 Å². The molecule has 0 saturated heterocycles. The highest BCUT2D eigenvalue weighted by Gasteiger charge is 2.34. The van der Waals surface area contributed by atoms with Gasteiger partial charge >= 0.3 is 0 Å². The second-order valence-electron chi connectivity index (χ2n) is 8.10. The number of carbonyl (C=O) groups is 2. The smallest absolute Gasteiger partial charge is 0.261 e. The van der Waals surface area contributed by atoms with Gasteiger partial charge in [-0.2, -0.15) is 0 Å². The predicted octanol–water partition coefficient (Wildman–Crippen LogP) is 4.11. The van der Waals surface area contributed by atoms with Gasteiger partial charge in [0.25, 0.3) is 11.8 Å². The highest BCUT2D eigenvalue weighted by molar-refractivity contribution is 7.99. The fraction of sp³-hybridized carbons (Fsp3) is 0.154. The van der Waals surface area contributed by atoms with Gasteiger partial charge in [0.1, 0.15) is 0 Å². The van der Waals surface area contributed by atoms with Crippen LogP contribution in [0, 0.1) is 0 Å². The zero-order valence-corrected chi connectivity index (χ0v) is 19.4. The average Bonchev–Trinajstić information content (AvgIpc) is 3.58. The Morgan fingerprint density at radius 2 is 1.54 bits per heavy atom. The SMILES string of the molecule is O=C1c2ccccc2C(=O)N1CCSc1nnc(-c2ccccc2)n1Cc1ccc2c(c1)OCO2. The molecule has 0 bridgehead atoms. The van der Waals surface area contributed by atoms with Crippen molar-refractivity contribution in [1.82, 2.24) is 19.7 Å². The quantitative estimate of drug-likeness (QED) is 0.288. The van der Waals surface area contributed by atoms with Crippen LogP contribution in [0.5, 0.6) is 11.5 Å². The Bertz CT molecular complexity index is 1400. The summed E-state index contributed by atoms with van der Waals surface area (Å²) >= 11 is 1.46. The Morgan fingerprint density at radius 1 is 0.829 bits per heavy atom. The molecule has 2 aliphatic rings. The molecule has 8 nitrogen and oxygen atoms in total. The number of rotatable bonds is 7. The van der Waals surface area contributed by atoms with Crippen LogP contribution in [0.25, 0.3) is 11.4 Å². The first kappa shape index (κ1) is 21.4. The molecule has 35 heavy (non-hydrogen) atoms. The average molecular weight is 485 g/mol. The molecule has 4 aromatic rings. The summed E-state index contributed by atoms with van der Waals surface area (Å²) in [5.41, 5.74) is 2.89. The van der Waals surface area contributed by atoms with Gasteiger partial charge in [0, 0.05) is 17.9 Å². The van der Waals surface area contributed by atoms with Crippen molar-refractivity contribution < 1.29 is 19.1 Å². The van der Waals surface area contributed by atoms with Gasteiger partial charge in [-0.05, 0) is 29.8 Å². The van der Waals surface area contributed by atoms with E-state index in [0.717, 1.165) is 28.5 Å². The van der Waals surface area contributed by atoms with Crippen molar-refractivity contribution in [1.29, 1.82) is 0 Å². The molecular formula is C26H20N4O4S. The normalized spacial score (nSPS) is 14.0. The summed E-state index contributed by atoms with van der Waals surface area (Å²) in [4.78, 5) is 26.7. The molecule has 0 fully saturated rings. The first-order valence-electron chi connectivity index (χ1n) is 11.1. The molecule has 0 N–H and O–H groups in total. The van der Waals surface area contributed by atoms with Crippen LogP contribution in [-0.4, -0.2) is 50.6 Å². The topological polar surface area (TPSA) is 86.6 Å². The maximum absolute atomic E-state index is 12.7. The molecule has 0 saturated carbocycles. The molecule has 1 aromatic heterocycles. The lowest BCUT2D eigenvalue weighted by Crippen LogP contribution is -2.31. The minimum atomic E-state index is -0.252. The zero-order valence-electron chi connectivity index (χ0n) is 18.6. The van der Waals surface area contributed by atoms with E-state index in [4.69, 9.17) is 9.47 Å². The molecule has 9 heteroatoms. The van der Waals surface area contributed by atoms with Gasteiger partial charge in [-0.1, -0.05) is 60.3 Å². The first-order valence-corrected chi connectivity index (χ1v) is 12.1. The molecule has 0 spiro atoms. The second kappa shape index (κ2) is 8.92. The van der Waals surface area contributed by atoms with Crippen molar-refractivity contribution in [3.8, 4) is 22.9 Å². The number of hydrogen-bond acceptors (Lipinski definition) is 7. The van der Waals surface area contributed by atoms with E-state index in [9.17, 15) is 9.59 Å². The predicted molar refractivity (Wildman–Crippen MR) is 130 cm³/mol. The van der Waals surface area contributed by atoms with Crippen molar-refractivity contribution in [2.75, 3.05) is 19.1 Å². The summed E-state index contributed by atoms with van der Waals surface area (Å²) in [7, 11) is 0. The second-order valence-corrected chi connectivity index (χ2v) is 9.16. The van der Waals surface area contributed by atoms with Gasteiger partial charge in [0.2, 0.25) is 6.79 Å². The number of amides is 2. The minimum Gasteiger partial charge on any atom is -0.454 e. The first-order chi connectivity index (χ1) is 17.2. The van der Waals surface area contributed by atoms with Crippen molar-refractivity contribution in [3.05, 3.63) is 89.5 Å². The van der Waals surface area contributed by atoms with Gasteiger partial charge in [-0.3, -0.25) is 19.1 Å². The van der Waals surface area contributed by atoms with E-state index >= 15 is 0 Å². The van der Waals surface area contributed by atoms with E-state index in [-0.39, 0.29) is 25.2 Å². The van der Waals surface area contributed by atoms with Crippen LogP contribution in [0.4, 0.5) is 0 Å². The molecule has 6 rings (SSSR count). The Labute approximate surface area is 205 Å². The van der Waals surface area contributed by atoms with Gasteiger partial charge in [-0.25, -0.2) is 0 Å². The van der Waals surface area contributed by atoms with Gasteiger partial charge in [-0.15, -0.1) is 10.2 Å². The highest BCUT2D eigenvalue weighted by Crippen LogP contribution is 2.34. The van der Waals surface area contributed by atoms with Gasteiger partial charge in [0.05, 0.1) is 17.7 Å². The monoisotopic (exact) mass is 484 g/mol. The lowest BCUT2D eigenvalue weighted by molar-refractivity contribution is 0.0664.